The first-order valence-electron chi connectivity index (χ1n) is 8.81. The first kappa shape index (κ1) is 18.1. The molecule has 138 valence electrons. The molecule has 0 aliphatic carbocycles. The molecule has 0 spiro atoms. The monoisotopic (exact) mass is 356 g/mol. The van der Waals surface area contributed by atoms with Gasteiger partial charge in [-0.25, -0.2) is 4.79 Å². The molecule has 26 heavy (non-hydrogen) atoms. The Balaban J connectivity index is 1.65. The molecule has 2 aromatic rings. The maximum absolute atomic E-state index is 12.8. The molecule has 0 atom stereocenters. The van der Waals surface area contributed by atoms with Crippen molar-refractivity contribution in [1.29, 1.82) is 0 Å². The molecule has 1 amide bonds. The van der Waals surface area contributed by atoms with E-state index in [9.17, 15) is 9.59 Å². The Hall–Kier alpha value is -2.70. The zero-order valence-corrected chi connectivity index (χ0v) is 15.4. The molecule has 3 heterocycles. The molecule has 0 bridgehead atoms. The SMILES string of the molecule is CC(C)(C)c1cc(C(=O)N2CCC(Oc3cccnc3)CC2)nc(=O)[nH]1. The third-order valence-corrected chi connectivity index (χ3v) is 4.44. The van der Waals surface area contributed by atoms with Gasteiger partial charge in [0.25, 0.3) is 5.91 Å². The molecule has 2 aromatic heterocycles. The van der Waals surface area contributed by atoms with E-state index in [0.29, 0.717) is 18.8 Å². The summed E-state index contributed by atoms with van der Waals surface area (Å²) in [5, 5.41) is 0. The predicted octanol–water partition coefficient (Wildman–Crippen LogP) is 2.15. The molecule has 7 nitrogen and oxygen atoms in total. The smallest absolute Gasteiger partial charge is 0.345 e. The second-order valence-corrected chi connectivity index (χ2v) is 7.53. The lowest BCUT2D eigenvalue weighted by Crippen LogP contribution is -2.42. The molecule has 3 rings (SSSR count). The average molecular weight is 356 g/mol. The largest absolute Gasteiger partial charge is 0.489 e. The van der Waals surface area contributed by atoms with Crippen LogP contribution in [0.3, 0.4) is 0 Å². The summed E-state index contributed by atoms with van der Waals surface area (Å²) in [6.07, 6.45) is 4.91. The van der Waals surface area contributed by atoms with E-state index in [1.165, 1.54) is 0 Å². The van der Waals surface area contributed by atoms with E-state index in [2.05, 4.69) is 15.0 Å². The molecule has 0 radical (unpaired) electrons. The van der Waals surface area contributed by atoms with Gasteiger partial charge in [0.15, 0.2) is 0 Å². The van der Waals surface area contributed by atoms with Gasteiger partial charge in [-0.2, -0.15) is 4.98 Å². The van der Waals surface area contributed by atoms with Crippen molar-refractivity contribution in [1.82, 2.24) is 19.9 Å². The van der Waals surface area contributed by atoms with Gasteiger partial charge in [-0.15, -0.1) is 0 Å². The van der Waals surface area contributed by atoms with E-state index in [1.54, 1.807) is 23.4 Å². The summed E-state index contributed by atoms with van der Waals surface area (Å²) in [5.41, 5.74) is 0.151. The number of aromatic amines is 1. The molecule has 0 saturated carbocycles. The van der Waals surface area contributed by atoms with E-state index in [-0.39, 0.29) is 23.1 Å². The highest BCUT2D eigenvalue weighted by atomic mass is 16.5. The van der Waals surface area contributed by atoms with E-state index >= 15 is 0 Å². The number of carbonyl (C=O) groups excluding carboxylic acids is 1. The molecule has 1 aliphatic rings. The molecule has 7 heteroatoms. The Bertz CT molecular complexity index is 819. The highest BCUT2D eigenvalue weighted by molar-refractivity contribution is 5.92. The maximum Gasteiger partial charge on any atom is 0.345 e. The van der Waals surface area contributed by atoms with E-state index < -0.39 is 5.69 Å². The van der Waals surface area contributed by atoms with Crippen LogP contribution in [0.2, 0.25) is 0 Å². The van der Waals surface area contributed by atoms with Crippen molar-refractivity contribution in [2.75, 3.05) is 13.1 Å². The molecule has 0 unspecified atom stereocenters. The van der Waals surface area contributed by atoms with Gasteiger partial charge in [-0.05, 0) is 18.2 Å². The van der Waals surface area contributed by atoms with Crippen LogP contribution in [-0.4, -0.2) is 45.0 Å². The predicted molar refractivity (Wildman–Crippen MR) is 97.3 cm³/mol. The molecule has 1 aliphatic heterocycles. The van der Waals surface area contributed by atoms with E-state index in [0.717, 1.165) is 18.6 Å². The Kier molecular flexibility index (Phi) is 5.06. The number of piperidine rings is 1. The fourth-order valence-corrected chi connectivity index (χ4v) is 2.92. The first-order chi connectivity index (χ1) is 12.3. The first-order valence-corrected chi connectivity index (χ1v) is 8.81. The summed E-state index contributed by atoms with van der Waals surface area (Å²) in [7, 11) is 0. The van der Waals surface area contributed by atoms with Gasteiger partial charge in [0.2, 0.25) is 0 Å². The number of rotatable bonds is 3. The topological polar surface area (TPSA) is 88.2 Å². The minimum atomic E-state index is -0.490. The summed E-state index contributed by atoms with van der Waals surface area (Å²) in [6.45, 7) is 7.08. The van der Waals surface area contributed by atoms with Crippen molar-refractivity contribution in [3.8, 4) is 5.75 Å². The number of hydrogen-bond acceptors (Lipinski definition) is 5. The number of nitrogens with one attached hydrogen (secondary N) is 1. The summed E-state index contributed by atoms with van der Waals surface area (Å²) in [6, 6.07) is 5.39. The van der Waals surface area contributed by atoms with Crippen molar-refractivity contribution in [3.63, 3.8) is 0 Å². The van der Waals surface area contributed by atoms with Crippen LogP contribution in [-0.2, 0) is 5.41 Å². The lowest BCUT2D eigenvalue weighted by Gasteiger charge is -2.32. The highest BCUT2D eigenvalue weighted by Crippen LogP contribution is 2.21. The second-order valence-electron chi connectivity index (χ2n) is 7.53. The van der Waals surface area contributed by atoms with Gasteiger partial charge in [0.1, 0.15) is 17.5 Å². The van der Waals surface area contributed by atoms with Gasteiger partial charge in [-0.3, -0.25) is 9.78 Å². The van der Waals surface area contributed by atoms with Crippen LogP contribution in [0.5, 0.6) is 5.75 Å². The normalized spacial score (nSPS) is 15.7. The Labute approximate surface area is 152 Å². The fourth-order valence-electron chi connectivity index (χ4n) is 2.92. The van der Waals surface area contributed by atoms with Gasteiger partial charge in [0, 0.05) is 43.2 Å². The van der Waals surface area contributed by atoms with E-state index in [1.807, 2.05) is 32.9 Å². The number of H-pyrrole nitrogens is 1. The van der Waals surface area contributed by atoms with Crippen molar-refractivity contribution < 1.29 is 9.53 Å². The zero-order chi connectivity index (χ0) is 18.7. The maximum atomic E-state index is 12.8. The fraction of sp³-hybridized carbons (Fsp3) is 0.474. The standard InChI is InChI=1S/C19H24N4O3/c1-19(2,3)16-11-15(21-18(25)22-16)17(24)23-9-6-13(7-10-23)26-14-5-4-8-20-12-14/h4-5,8,11-13H,6-7,9-10H2,1-3H3,(H,21,22,25). The van der Waals surface area contributed by atoms with E-state index in [4.69, 9.17) is 4.74 Å². The van der Waals surface area contributed by atoms with Crippen molar-refractivity contribution >= 4 is 5.91 Å². The second kappa shape index (κ2) is 7.27. The number of carbonyl (C=O) groups is 1. The number of hydrogen-bond donors (Lipinski definition) is 1. The molecule has 0 aromatic carbocycles. The highest BCUT2D eigenvalue weighted by Gasteiger charge is 2.27. The van der Waals surface area contributed by atoms with Gasteiger partial charge in [0.05, 0.1) is 6.20 Å². The number of pyridine rings is 1. The van der Waals surface area contributed by atoms with Crippen LogP contribution in [0, 0.1) is 0 Å². The van der Waals surface area contributed by atoms with Gasteiger partial charge >= 0.3 is 5.69 Å². The van der Waals surface area contributed by atoms with Crippen LogP contribution in [0.4, 0.5) is 0 Å². The minimum Gasteiger partial charge on any atom is -0.489 e. The number of likely N-dealkylation sites (tertiary alicyclic amines) is 1. The number of nitrogens with zero attached hydrogens (tertiary/aromatic N) is 3. The Morgan fingerprint density at radius 3 is 2.65 bits per heavy atom. The van der Waals surface area contributed by atoms with Gasteiger partial charge < -0.3 is 14.6 Å². The lowest BCUT2D eigenvalue weighted by atomic mass is 9.91. The zero-order valence-electron chi connectivity index (χ0n) is 15.4. The van der Waals surface area contributed by atoms with Crippen molar-refractivity contribution in [2.45, 2.75) is 45.1 Å². The molecule has 1 saturated heterocycles. The summed E-state index contributed by atoms with van der Waals surface area (Å²) in [4.78, 5) is 36.9. The Morgan fingerprint density at radius 2 is 2.04 bits per heavy atom. The van der Waals surface area contributed by atoms with Crippen LogP contribution in [0.25, 0.3) is 0 Å². The quantitative estimate of drug-likeness (QED) is 0.910. The summed E-state index contributed by atoms with van der Waals surface area (Å²) >= 11 is 0. The lowest BCUT2D eigenvalue weighted by molar-refractivity contribution is 0.0589. The molecular weight excluding hydrogens is 332 g/mol. The Morgan fingerprint density at radius 1 is 1.31 bits per heavy atom. The molecular formula is C19H24N4O3. The molecule has 1 fully saturated rings. The number of aromatic nitrogens is 3. The van der Waals surface area contributed by atoms with Crippen molar-refractivity contribution in [2.24, 2.45) is 0 Å². The molecule has 1 N–H and O–H groups in total. The van der Waals surface area contributed by atoms with Crippen molar-refractivity contribution in [3.05, 3.63) is 52.5 Å². The average Bonchev–Trinajstić information content (AvgIpc) is 2.61. The van der Waals surface area contributed by atoms with Crippen LogP contribution >= 0.6 is 0 Å². The summed E-state index contributed by atoms with van der Waals surface area (Å²) in [5.74, 6) is 0.532. The van der Waals surface area contributed by atoms with Crippen LogP contribution in [0.15, 0.2) is 35.4 Å². The minimum absolute atomic E-state index is 0.0560. The van der Waals surface area contributed by atoms with Crippen LogP contribution in [0.1, 0.15) is 49.8 Å². The third-order valence-electron chi connectivity index (χ3n) is 4.44. The van der Waals surface area contributed by atoms with Gasteiger partial charge in [-0.1, -0.05) is 20.8 Å². The number of amides is 1. The summed E-state index contributed by atoms with van der Waals surface area (Å²) < 4.78 is 5.90. The number of ether oxygens (including phenoxy) is 1. The van der Waals surface area contributed by atoms with Crippen LogP contribution < -0.4 is 10.4 Å². The third kappa shape index (κ3) is 4.28.